The second kappa shape index (κ2) is 7.86. The minimum atomic E-state index is -0.922. The van der Waals surface area contributed by atoms with Crippen molar-refractivity contribution in [2.75, 3.05) is 10.6 Å². The van der Waals surface area contributed by atoms with Gasteiger partial charge < -0.3 is 10.6 Å². The molecule has 0 radical (unpaired) electrons. The average Bonchev–Trinajstić information content (AvgIpc) is 2.65. The Labute approximate surface area is 150 Å². The zero-order chi connectivity index (χ0) is 18.5. The second-order valence-electron chi connectivity index (χ2n) is 5.91. The first-order chi connectivity index (χ1) is 12.5. The maximum Gasteiger partial charge on any atom is 0.225 e. The van der Waals surface area contributed by atoms with Crippen molar-refractivity contribution in [2.45, 2.75) is 26.3 Å². The van der Waals surface area contributed by atoms with Crippen LogP contribution in [0.4, 0.5) is 26.2 Å². The van der Waals surface area contributed by atoms with Gasteiger partial charge in [-0.05, 0) is 37.6 Å². The lowest BCUT2D eigenvalue weighted by atomic mass is 10.2. The summed E-state index contributed by atoms with van der Waals surface area (Å²) >= 11 is 0. The third-order valence-electron chi connectivity index (χ3n) is 3.86. The maximum atomic E-state index is 13.5. The summed E-state index contributed by atoms with van der Waals surface area (Å²) in [5.41, 5.74) is 1.90. The molecule has 0 saturated heterocycles. The van der Waals surface area contributed by atoms with Gasteiger partial charge in [0.25, 0.3) is 0 Å². The van der Waals surface area contributed by atoms with Crippen molar-refractivity contribution >= 4 is 17.5 Å². The Morgan fingerprint density at radius 3 is 2.62 bits per heavy atom. The molecule has 1 atom stereocenters. The van der Waals surface area contributed by atoms with Gasteiger partial charge in [-0.1, -0.05) is 6.92 Å². The van der Waals surface area contributed by atoms with E-state index in [4.69, 9.17) is 0 Å². The van der Waals surface area contributed by atoms with Gasteiger partial charge in [-0.25, -0.2) is 13.8 Å². The van der Waals surface area contributed by atoms with Crippen molar-refractivity contribution in [3.8, 4) is 11.3 Å². The number of nitrogens with zero attached hydrogens (tertiary/aromatic N) is 3. The lowest BCUT2D eigenvalue weighted by Gasteiger charge is -2.14. The molecular weight excluding hydrogens is 336 g/mol. The van der Waals surface area contributed by atoms with Crippen LogP contribution in [0, 0.1) is 11.6 Å². The number of rotatable bonds is 6. The molecule has 134 valence electrons. The monoisotopic (exact) mass is 355 g/mol. The Bertz CT molecular complexity index is 886. The third kappa shape index (κ3) is 4.30. The van der Waals surface area contributed by atoms with Gasteiger partial charge in [0.05, 0.1) is 5.69 Å². The average molecular weight is 355 g/mol. The van der Waals surface area contributed by atoms with E-state index in [2.05, 4.69) is 32.5 Å². The molecule has 3 aromatic rings. The number of aromatic nitrogens is 3. The first-order valence-corrected chi connectivity index (χ1v) is 8.33. The predicted octanol–water partition coefficient (Wildman–Crippen LogP) is 4.77. The molecule has 0 unspecified atom stereocenters. The topological polar surface area (TPSA) is 62.7 Å². The molecule has 0 aliphatic heterocycles. The molecule has 5 nitrogen and oxygen atoms in total. The Hall–Kier alpha value is -3.09. The second-order valence-corrected chi connectivity index (χ2v) is 5.91. The summed E-state index contributed by atoms with van der Waals surface area (Å²) in [4.78, 5) is 13.1. The first-order valence-electron chi connectivity index (χ1n) is 8.33. The summed E-state index contributed by atoms with van der Waals surface area (Å²) in [5, 5.41) is 6.23. The van der Waals surface area contributed by atoms with E-state index >= 15 is 0 Å². The van der Waals surface area contributed by atoms with Crippen LogP contribution in [-0.2, 0) is 0 Å². The molecule has 2 heterocycles. The van der Waals surface area contributed by atoms with Crippen LogP contribution in [0.15, 0.2) is 48.8 Å². The molecule has 26 heavy (non-hydrogen) atoms. The third-order valence-corrected chi connectivity index (χ3v) is 3.86. The fourth-order valence-electron chi connectivity index (χ4n) is 2.28. The van der Waals surface area contributed by atoms with Crippen molar-refractivity contribution in [3.05, 3.63) is 60.4 Å². The highest BCUT2D eigenvalue weighted by molar-refractivity contribution is 5.66. The van der Waals surface area contributed by atoms with Crippen LogP contribution in [0.25, 0.3) is 11.3 Å². The quantitative estimate of drug-likeness (QED) is 0.667. The van der Waals surface area contributed by atoms with Gasteiger partial charge in [0.2, 0.25) is 5.95 Å². The van der Waals surface area contributed by atoms with Crippen LogP contribution in [0.1, 0.15) is 20.3 Å². The zero-order valence-electron chi connectivity index (χ0n) is 14.5. The van der Waals surface area contributed by atoms with Crippen LogP contribution in [0.2, 0.25) is 0 Å². The van der Waals surface area contributed by atoms with Gasteiger partial charge in [0.1, 0.15) is 5.82 Å². The molecule has 0 spiro atoms. The summed E-state index contributed by atoms with van der Waals surface area (Å²) in [6.45, 7) is 4.09. The standard InChI is InChI=1S/C19H19F2N5/c1-3-12(2)23-19-25-17(13-5-4-8-22-11-13)10-18(26-19)24-14-6-7-15(20)16(21)9-14/h4-12H,3H2,1-2H3,(H2,23,24,25,26)/t12-/m0/s1. The fourth-order valence-corrected chi connectivity index (χ4v) is 2.28. The van der Waals surface area contributed by atoms with Gasteiger partial charge in [-0.3, -0.25) is 4.98 Å². The Morgan fingerprint density at radius 2 is 1.92 bits per heavy atom. The van der Waals surface area contributed by atoms with Gasteiger partial charge in [0, 0.05) is 41.8 Å². The largest absolute Gasteiger partial charge is 0.352 e. The van der Waals surface area contributed by atoms with Crippen molar-refractivity contribution < 1.29 is 8.78 Å². The Balaban J connectivity index is 1.97. The smallest absolute Gasteiger partial charge is 0.225 e. The van der Waals surface area contributed by atoms with Crippen LogP contribution in [-0.4, -0.2) is 21.0 Å². The van der Waals surface area contributed by atoms with E-state index in [1.54, 1.807) is 18.5 Å². The minimum absolute atomic E-state index is 0.190. The zero-order valence-corrected chi connectivity index (χ0v) is 14.5. The highest BCUT2D eigenvalue weighted by Gasteiger charge is 2.10. The fraction of sp³-hybridized carbons (Fsp3) is 0.211. The van der Waals surface area contributed by atoms with Crippen LogP contribution in [0.3, 0.4) is 0 Å². The molecule has 2 aromatic heterocycles. The normalized spacial score (nSPS) is 11.8. The summed E-state index contributed by atoms with van der Waals surface area (Å²) < 4.78 is 26.6. The van der Waals surface area contributed by atoms with Crippen molar-refractivity contribution in [3.63, 3.8) is 0 Å². The highest BCUT2D eigenvalue weighted by atomic mass is 19.2. The molecule has 0 saturated carbocycles. The van der Waals surface area contributed by atoms with Crippen LogP contribution < -0.4 is 10.6 Å². The predicted molar refractivity (Wildman–Crippen MR) is 98.3 cm³/mol. The number of halogens is 2. The Morgan fingerprint density at radius 1 is 1.08 bits per heavy atom. The molecule has 2 N–H and O–H groups in total. The lowest BCUT2D eigenvalue weighted by Crippen LogP contribution is -2.16. The van der Waals surface area contributed by atoms with Crippen LogP contribution in [0.5, 0.6) is 0 Å². The maximum absolute atomic E-state index is 13.5. The van der Waals surface area contributed by atoms with Crippen molar-refractivity contribution in [1.82, 2.24) is 15.0 Å². The number of nitrogens with one attached hydrogen (secondary N) is 2. The number of benzene rings is 1. The molecule has 0 aliphatic carbocycles. The molecule has 0 aliphatic rings. The molecule has 0 fully saturated rings. The summed E-state index contributed by atoms with van der Waals surface area (Å²) in [6, 6.07) is 9.25. The molecule has 0 bridgehead atoms. The van der Waals surface area contributed by atoms with E-state index in [9.17, 15) is 8.78 Å². The van der Waals surface area contributed by atoms with Gasteiger partial charge in [-0.2, -0.15) is 4.98 Å². The number of pyridine rings is 1. The Kier molecular flexibility index (Phi) is 5.36. The van der Waals surface area contributed by atoms with E-state index in [1.165, 1.54) is 6.07 Å². The van der Waals surface area contributed by atoms with Gasteiger partial charge in [-0.15, -0.1) is 0 Å². The summed E-state index contributed by atoms with van der Waals surface area (Å²) in [6.07, 6.45) is 4.30. The highest BCUT2D eigenvalue weighted by Crippen LogP contribution is 2.24. The minimum Gasteiger partial charge on any atom is -0.352 e. The van der Waals surface area contributed by atoms with Crippen molar-refractivity contribution in [1.29, 1.82) is 0 Å². The number of hydrogen-bond donors (Lipinski definition) is 2. The number of anilines is 3. The van der Waals surface area contributed by atoms with E-state index < -0.39 is 11.6 Å². The summed E-state index contributed by atoms with van der Waals surface area (Å²) in [7, 11) is 0. The molecule has 0 amide bonds. The first kappa shape index (κ1) is 17.7. The van der Waals surface area contributed by atoms with Crippen LogP contribution >= 0.6 is 0 Å². The summed E-state index contributed by atoms with van der Waals surface area (Å²) in [5.74, 6) is -0.899. The molecular formula is C19H19F2N5. The van der Waals surface area contributed by atoms with Crippen molar-refractivity contribution in [2.24, 2.45) is 0 Å². The SMILES string of the molecule is CC[C@H](C)Nc1nc(Nc2ccc(F)c(F)c2)cc(-c2cccnc2)n1. The van der Waals surface area contributed by atoms with Gasteiger partial charge in [0.15, 0.2) is 11.6 Å². The van der Waals surface area contributed by atoms with E-state index in [0.29, 0.717) is 23.1 Å². The van der Waals surface area contributed by atoms with E-state index in [0.717, 1.165) is 24.1 Å². The lowest BCUT2D eigenvalue weighted by molar-refractivity contribution is 0.509. The number of hydrogen-bond acceptors (Lipinski definition) is 5. The molecule has 3 rings (SSSR count). The molecule has 1 aromatic carbocycles. The van der Waals surface area contributed by atoms with Gasteiger partial charge >= 0.3 is 0 Å². The molecule has 7 heteroatoms. The van der Waals surface area contributed by atoms with E-state index in [-0.39, 0.29) is 6.04 Å². The van der Waals surface area contributed by atoms with E-state index in [1.807, 2.05) is 19.1 Å².